The number of benzene rings is 1. The lowest BCUT2D eigenvalue weighted by Gasteiger charge is -2.05. The first-order valence-corrected chi connectivity index (χ1v) is 5.36. The molecule has 1 heterocycles. The Balaban J connectivity index is 2.55. The molecule has 90 valence electrons. The van der Waals surface area contributed by atoms with Gasteiger partial charge in [0.15, 0.2) is 0 Å². The molecule has 4 heteroatoms. The Bertz CT molecular complexity index is 641. The van der Waals surface area contributed by atoms with Crippen molar-refractivity contribution in [1.82, 2.24) is 4.57 Å². The number of hydrogen-bond donors (Lipinski definition) is 1. The standard InChI is InChI=1S/C14H11NO3/c16-13-8-4-5-9-15(13)12(14(17)18)10-11-6-2-1-3-7-11/h1-10H,(H,17,18)/b12-10-. The molecule has 1 N–H and O–H groups in total. The number of aromatic nitrogens is 1. The second kappa shape index (κ2) is 5.14. The number of pyridine rings is 1. The lowest BCUT2D eigenvalue weighted by molar-refractivity contribution is -0.130. The molecule has 0 saturated heterocycles. The van der Waals surface area contributed by atoms with Crippen LogP contribution in [0.15, 0.2) is 59.5 Å². The Hall–Kier alpha value is -2.62. The fraction of sp³-hybridized carbons (Fsp3) is 0. The average molecular weight is 241 g/mol. The van der Waals surface area contributed by atoms with Gasteiger partial charge in [-0.1, -0.05) is 36.4 Å². The van der Waals surface area contributed by atoms with E-state index in [1.165, 1.54) is 18.3 Å². The minimum absolute atomic E-state index is 0.0770. The van der Waals surface area contributed by atoms with E-state index in [9.17, 15) is 14.7 Å². The number of carboxylic acid groups (broad SMARTS) is 1. The van der Waals surface area contributed by atoms with E-state index in [4.69, 9.17) is 0 Å². The highest BCUT2D eigenvalue weighted by Crippen LogP contribution is 2.09. The summed E-state index contributed by atoms with van der Waals surface area (Å²) in [6.07, 6.45) is 2.90. The summed E-state index contributed by atoms with van der Waals surface area (Å²) in [6.45, 7) is 0. The first-order chi connectivity index (χ1) is 8.68. The summed E-state index contributed by atoms with van der Waals surface area (Å²) in [5, 5.41) is 9.18. The van der Waals surface area contributed by atoms with Gasteiger partial charge in [0.25, 0.3) is 5.56 Å². The van der Waals surface area contributed by atoms with Crippen molar-refractivity contribution in [2.24, 2.45) is 0 Å². The topological polar surface area (TPSA) is 59.3 Å². The summed E-state index contributed by atoms with van der Waals surface area (Å²) >= 11 is 0. The Morgan fingerprint density at radius 1 is 1.06 bits per heavy atom. The van der Waals surface area contributed by atoms with Gasteiger partial charge >= 0.3 is 5.97 Å². The molecule has 0 aliphatic carbocycles. The van der Waals surface area contributed by atoms with Crippen molar-refractivity contribution in [3.63, 3.8) is 0 Å². The number of hydrogen-bond acceptors (Lipinski definition) is 2. The zero-order chi connectivity index (χ0) is 13.0. The molecule has 0 unspecified atom stereocenters. The second-order valence-electron chi connectivity index (χ2n) is 3.65. The minimum Gasteiger partial charge on any atom is -0.477 e. The van der Waals surface area contributed by atoms with Crippen LogP contribution in [0.3, 0.4) is 0 Å². The normalized spacial score (nSPS) is 11.2. The lowest BCUT2D eigenvalue weighted by Crippen LogP contribution is -2.21. The molecule has 0 bridgehead atoms. The van der Waals surface area contributed by atoms with Crippen LogP contribution in [-0.4, -0.2) is 15.6 Å². The predicted molar refractivity (Wildman–Crippen MR) is 68.9 cm³/mol. The maximum absolute atomic E-state index is 11.6. The second-order valence-corrected chi connectivity index (χ2v) is 3.65. The highest BCUT2D eigenvalue weighted by atomic mass is 16.4. The van der Waals surface area contributed by atoms with E-state index in [1.54, 1.807) is 36.4 Å². The maximum Gasteiger partial charge on any atom is 0.352 e. The lowest BCUT2D eigenvalue weighted by atomic mass is 10.2. The number of nitrogens with zero attached hydrogens (tertiary/aromatic N) is 1. The molecule has 0 radical (unpaired) electrons. The molecule has 18 heavy (non-hydrogen) atoms. The number of aliphatic carboxylic acids is 1. The van der Waals surface area contributed by atoms with E-state index in [0.717, 1.165) is 10.1 Å². The van der Waals surface area contributed by atoms with Gasteiger partial charge in [-0.25, -0.2) is 4.79 Å². The van der Waals surface area contributed by atoms with Crippen molar-refractivity contribution in [3.8, 4) is 0 Å². The van der Waals surface area contributed by atoms with Crippen molar-refractivity contribution in [2.45, 2.75) is 0 Å². The molecule has 0 atom stereocenters. The molecule has 2 rings (SSSR count). The van der Waals surface area contributed by atoms with E-state index >= 15 is 0 Å². The largest absolute Gasteiger partial charge is 0.477 e. The zero-order valence-corrected chi connectivity index (χ0v) is 9.48. The van der Waals surface area contributed by atoms with Gasteiger partial charge in [0.2, 0.25) is 0 Å². The first kappa shape index (κ1) is 11.9. The molecule has 1 aromatic carbocycles. The molecule has 0 aliphatic heterocycles. The fourth-order valence-corrected chi connectivity index (χ4v) is 1.57. The third-order valence-corrected chi connectivity index (χ3v) is 2.40. The molecule has 0 aliphatic rings. The van der Waals surface area contributed by atoms with Gasteiger partial charge in [-0.15, -0.1) is 0 Å². The molecule has 0 amide bonds. The van der Waals surface area contributed by atoms with Crippen LogP contribution in [0, 0.1) is 0 Å². The smallest absolute Gasteiger partial charge is 0.352 e. The quantitative estimate of drug-likeness (QED) is 0.835. The van der Waals surface area contributed by atoms with Crippen molar-refractivity contribution in [2.75, 3.05) is 0 Å². The molecule has 2 aromatic rings. The van der Waals surface area contributed by atoms with Crippen LogP contribution in [0.2, 0.25) is 0 Å². The van der Waals surface area contributed by atoms with Gasteiger partial charge in [-0.3, -0.25) is 9.36 Å². The third-order valence-electron chi connectivity index (χ3n) is 2.40. The molecular weight excluding hydrogens is 230 g/mol. The highest BCUT2D eigenvalue weighted by Gasteiger charge is 2.10. The van der Waals surface area contributed by atoms with Gasteiger partial charge in [-0.2, -0.15) is 0 Å². The summed E-state index contributed by atoms with van der Waals surface area (Å²) < 4.78 is 1.11. The summed E-state index contributed by atoms with van der Waals surface area (Å²) in [6, 6.07) is 13.5. The van der Waals surface area contributed by atoms with E-state index in [2.05, 4.69) is 0 Å². The van der Waals surface area contributed by atoms with Crippen LogP contribution in [0.25, 0.3) is 11.8 Å². The maximum atomic E-state index is 11.6. The van der Waals surface area contributed by atoms with E-state index in [-0.39, 0.29) is 11.3 Å². The van der Waals surface area contributed by atoms with Crippen molar-refractivity contribution in [3.05, 3.63) is 70.6 Å². The Labute approximate surface area is 103 Å². The van der Waals surface area contributed by atoms with E-state index in [0.29, 0.717) is 0 Å². The first-order valence-electron chi connectivity index (χ1n) is 5.36. The van der Waals surface area contributed by atoms with Crippen LogP contribution < -0.4 is 5.56 Å². The Morgan fingerprint density at radius 3 is 2.33 bits per heavy atom. The van der Waals surface area contributed by atoms with Crippen molar-refractivity contribution < 1.29 is 9.90 Å². The van der Waals surface area contributed by atoms with Gasteiger partial charge in [-0.05, 0) is 17.7 Å². The number of rotatable bonds is 3. The van der Waals surface area contributed by atoms with E-state index in [1.807, 2.05) is 6.07 Å². The fourth-order valence-electron chi connectivity index (χ4n) is 1.57. The van der Waals surface area contributed by atoms with Crippen LogP contribution >= 0.6 is 0 Å². The predicted octanol–water partition coefficient (Wildman–Crippen LogP) is 1.93. The van der Waals surface area contributed by atoms with E-state index < -0.39 is 5.97 Å². The van der Waals surface area contributed by atoms with Crippen LogP contribution in [0.4, 0.5) is 0 Å². The van der Waals surface area contributed by atoms with Crippen molar-refractivity contribution in [1.29, 1.82) is 0 Å². The van der Waals surface area contributed by atoms with Crippen LogP contribution in [0.1, 0.15) is 5.56 Å². The van der Waals surface area contributed by atoms with Gasteiger partial charge in [0.1, 0.15) is 5.70 Å². The van der Waals surface area contributed by atoms with Gasteiger partial charge < -0.3 is 5.11 Å². The Kier molecular flexibility index (Phi) is 3.38. The molecule has 0 spiro atoms. The molecule has 0 fully saturated rings. The zero-order valence-electron chi connectivity index (χ0n) is 9.48. The Morgan fingerprint density at radius 2 is 1.72 bits per heavy atom. The SMILES string of the molecule is O=C(O)/C(=C/c1ccccc1)n1ccccc1=O. The minimum atomic E-state index is -1.15. The van der Waals surface area contributed by atoms with Crippen molar-refractivity contribution >= 4 is 17.7 Å². The van der Waals surface area contributed by atoms with Crippen LogP contribution in [-0.2, 0) is 4.79 Å². The summed E-state index contributed by atoms with van der Waals surface area (Å²) in [5.41, 5.74) is 0.277. The molecule has 1 aromatic heterocycles. The molecule has 4 nitrogen and oxygen atoms in total. The average Bonchev–Trinajstić information content (AvgIpc) is 2.38. The highest BCUT2D eigenvalue weighted by molar-refractivity contribution is 6.14. The third kappa shape index (κ3) is 2.55. The summed E-state index contributed by atoms with van der Waals surface area (Å²) in [7, 11) is 0. The van der Waals surface area contributed by atoms with Gasteiger partial charge in [0, 0.05) is 12.3 Å². The summed E-state index contributed by atoms with van der Waals surface area (Å²) in [5.74, 6) is -1.15. The number of carboxylic acids is 1. The molecule has 0 saturated carbocycles. The van der Waals surface area contributed by atoms with Gasteiger partial charge in [0.05, 0.1) is 0 Å². The summed E-state index contributed by atoms with van der Waals surface area (Å²) in [4.78, 5) is 22.8. The monoisotopic (exact) mass is 241 g/mol. The van der Waals surface area contributed by atoms with Crippen LogP contribution in [0.5, 0.6) is 0 Å². The molecular formula is C14H11NO3. The number of carbonyl (C=O) groups is 1.